The second-order valence-electron chi connectivity index (χ2n) is 4.73. The second kappa shape index (κ2) is 5.31. The first-order valence-corrected chi connectivity index (χ1v) is 6.03. The van der Waals surface area contributed by atoms with E-state index in [-0.39, 0.29) is 5.56 Å². The van der Waals surface area contributed by atoms with Crippen molar-refractivity contribution in [2.75, 3.05) is 25.6 Å². The number of aromatic nitrogens is 2. The van der Waals surface area contributed by atoms with Gasteiger partial charge in [-0.25, -0.2) is 4.98 Å². The Kier molecular flexibility index (Phi) is 3.78. The molecule has 0 bridgehead atoms. The molecule has 2 rings (SSSR count). The van der Waals surface area contributed by atoms with Crippen molar-refractivity contribution in [3.8, 4) is 0 Å². The van der Waals surface area contributed by atoms with Crippen LogP contribution in [-0.2, 0) is 4.74 Å². The minimum atomic E-state index is -0.0798. The molecular weight excluding hydrogens is 218 g/mol. The van der Waals surface area contributed by atoms with Crippen molar-refractivity contribution >= 4 is 5.82 Å². The van der Waals surface area contributed by atoms with Crippen LogP contribution < -0.4 is 10.9 Å². The molecule has 0 aromatic carbocycles. The maximum Gasteiger partial charge on any atom is 0.252 e. The van der Waals surface area contributed by atoms with Crippen LogP contribution in [0.5, 0.6) is 0 Å². The van der Waals surface area contributed by atoms with Gasteiger partial charge < -0.3 is 15.0 Å². The number of H-pyrrole nitrogens is 1. The maximum absolute atomic E-state index is 11.5. The van der Waals surface area contributed by atoms with E-state index in [1.54, 1.807) is 7.11 Å². The van der Waals surface area contributed by atoms with Gasteiger partial charge in [0.25, 0.3) is 5.56 Å². The van der Waals surface area contributed by atoms with Gasteiger partial charge in [0.05, 0.1) is 6.61 Å². The Balaban J connectivity index is 1.97. The lowest BCUT2D eigenvalue weighted by atomic mass is 10.2. The number of anilines is 1. The second-order valence-corrected chi connectivity index (χ2v) is 4.73. The van der Waals surface area contributed by atoms with E-state index in [1.165, 1.54) is 6.07 Å². The fraction of sp³-hybridized carbons (Fsp3) is 0.667. The van der Waals surface area contributed by atoms with E-state index in [1.807, 2.05) is 0 Å². The molecule has 17 heavy (non-hydrogen) atoms. The van der Waals surface area contributed by atoms with Gasteiger partial charge in [-0.15, -0.1) is 0 Å². The molecule has 5 nitrogen and oxygen atoms in total. The molecule has 1 saturated carbocycles. The third-order valence-electron chi connectivity index (χ3n) is 2.81. The Hall–Kier alpha value is -1.36. The van der Waals surface area contributed by atoms with Gasteiger partial charge in [0, 0.05) is 25.6 Å². The van der Waals surface area contributed by atoms with Crippen LogP contribution in [-0.4, -0.2) is 30.2 Å². The van der Waals surface area contributed by atoms with Crippen molar-refractivity contribution in [1.29, 1.82) is 0 Å². The molecule has 2 N–H and O–H groups in total. The Morgan fingerprint density at radius 1 is 1.65 bits per heavy atom. The molecule has 94 valence electrons. The van der Waals surface area contributed by atoms with Crippen LogP contribution in [0.15, 0.2) is 10.9 Å². The quantitative estimate of drug-likeness (QED) is 0.783. The van der Waals surface area contributed by atoms with Crippen molar-refractivity contribution in [2.45, 2.75) is 25.7 Å². The predicted octanol–water partition coefficient (Wildman–Crippen LogP) is 1.34. The SMILES string of the molecule is COCC(C)CNc1cc(=O)[nH]c(C2CC2)n1. The number of hydrogen-bond acceptors (Lipinski definition) is 4. The Morgan fingerprint density at radius 3 is 3.06 bits per heavy atom. The molecule has 1 aromatic heterocycles. The van der Waals surface area contributed by atoms with Crippen LogP contribution in [0.3, 0.4) is 0 Å². The van der Waals surface area contributed by atoms with Crippen molar-refractivity contribution < 1.29 is 4.74 Å². The van der Waals surface area contributed by atoms with Gasteiger partial charge in [0.1, 0.15) is 11.6 Å². The number of nitrogens with one attached hydrogen (secondary N) is 2. The zero-order valence-corrected chi connectivity index (χ0v) is 10.3. The standard InChI is InChI=1S/C12H19N3O2/c1-8(7-17-2)6-13-10-5-11(16)15-12(14-10)9-3-4-9/h5,8-9H,3-4,6-7H2,1-2H3,(H2,13,14,15,16). The van der Waals surface area contributed by atoms with Crippen LogP contribution in [0.4, 0.5) is 5.82 Å². The monoisotopic (exact) mass is 237 g/mol. The zero-order valence-electron chi connectivity index (χ0n) is 10.3. The largest absolute Gasteiger partial charge is 0.384 e. The van der Waals surface area contributed by atoms with Crippen LogP contribution in [0.2, 0.25) is 0 Å². The van der Waals surface area contributed by atoms with Crippen molar-refractivity contribution in [3.05, 3.63) is 22.2 Å². The first kappa shape index (κ1) is 12.1. The first-order chi connectivity index (χ1) is 8.19. The molecule has 0 spiro atoms. The van der Waals surface area contributed by atoms with E-state index < -0.39 is 0 Å². The molecule has 1 aliphatic rings. The Morgan fingerprint density at radius 2 is 2.41 bits per heavy atom. The van der Waals surface area contributed by atoms with E-state index in [4.69, 9.17) is 4.74 Å². The number of hydrogen-bond donors (Lipinski definition) is 2. The lowest BCUT2D eigenvalue weighted by Gasteiger charge is -2.12. The van der Waals surface area contributed by atoms with E-state index in [0.717, 1.165) is 25.2 Å². The summed E-state index contributed by atoms with van der Waals surface area (Å²) >= 11 is 0. The van der Waals surface area contributed by atoms with E-state index in [2.05, 4.69) is 22.2 Å². The molecule has 0 saturated heterocycles. The summed E-state index contributed by atoms with van der Waals surface area (Å²) < 4.78 is 5.06. The summed E-state index contributed by atoms with van der Waals surface area (Å²) in [4.78, 5) is 18.7. The molecular formula is C12H19N3O2. The molecule has 1 aliphatic carbocycles. The summed E-state index contributed by atoms with van der Waals surface area (Å²) in [6, 6.07) is 1.51. The van der Waals surface area contributed by atoms with Gasteiger partial charge in [-0.3, -0.25) is 4.79 Å². The van der Waals surface area contributed by atoms with Crippen LogP contribution in [0, 0.1) is 5.92 Å². The molecule has 1 aromatic rings. The van der Waals surface area contributed by atoms with Crippen molar-refractivity contribution in [1.82, 2.24) is 9.97 Å². The zero-order chi connectivity index (χ0) is 12.3. The maximum atomic E-state index is 11.5. The topological polar surface area (TPSA) is 67.0 Å². The summed E-state index contributed by atoms with van der Waals surface area (Å²) in [5.41, 5.74) is -0.0798. The number of nitrogens with zero attached hydrogens (tertiary/aromatic N) is 1. The third kappa shape index (κ3) is 3.56. The molecule has 1 heterocycles. The number of ether oxygens (including phenoxy) is 1. The summed E-state index contributed by atoms with van der Waals surface area (Å²) in [6.07, 6.45) is 2.26. The van der Waals surface area contributed by atoms with Crippen molar-refractivity contribution in [3.63, 3.8) is 0 Å². The van der Waals surface area contributed by atoms with Gasteiger partial charge in [-0.1, -0.05) is 6.92 Å². The van der Waals surface area contributed by atoms with E-state index in [9.17, 15) is 4.79 Å². The summed E-state index contributed by atoms with van der Waals surface area (Å²) in [6.45, 7) is 3.55. The number of rotatable bonds is 6. The molecule has 0 amide bonds. The lowest BCUT2D eigenvalue weighted by molar-refractivity contribution is 0.164. The average Bonchev–Trinajstić information content (AvgIpc) is 3.10. The van der Waals surface area contributed by atoms with E-state index >= 15 is 0 Å². The van der Waals surface area contributed by atoms with Crippen LogP contribution >= 0.6 is 0 Å². The minimum absolute atomic E-state index is 0.0798. The predicted molar refractivity (Wildman–Crippen MR) is 66.4 cm³/mol. The fourth-order valence-electron chi connectivity index (χ4n) is 1.74. The average molecular weight is 237 g/mol. The highest BCUT2D eigenvalue weighted by atomic mass is 16.5. The smallest absolute Gasteiger partial charge is 0.252 e. The molecule has 1 atom stereocenters. The van der Waals surface area contributed by atoms with Crippen molar-refractivity contribution in [2.24, 2.45) is 5.92 Å². The summed E-state index contributed by atoms with van der Waals surface area (Å²) in [5, 5.41) is 3.18. The van der Waals surface area contributed by atoms with Gasteiger partial charge >= 0.3 is 0 Å². The molecule has 1 fully saturated rings. The van der Waals surface area contributed by atoms with Gasteiger partial charge in [0.2, 0.25) is 0 Å². The fourth-order valence-corrected chi connectivity index (χ4v) is 1.74. The normalized spacial score (nSPS) is 16.8. The third-order valence-corrected chi connectivity index (χ3v) is 2.81. The van der Waals surface area contributed by atoms with Gasteiger partial charge in [-0.2, -0.15) is 0 Å². The molecule has 1 unspecified atom stereocenters. The highest BCUT2D eigenvalue weighted by Crippen LogP contribution is 2.37. The number of aromatic amines is 1. The van der Waals surface area contributed by atoms with Crippen LogP contribution in [0.25, 0.3) is 0 Å². The highest BCUT2D eigenvalue weighted by molar-refractivity contribution is 5.33. The lowest BCUT2D eigenvalue weighted by Crippen LogP contribution is -2.19. The molecule has 5 heteroatoms. The summed E-state index contributed by atoms with van der Waals surface area (Å²) in [7, 11) is 1.69. The van der Waals surface area contributed by atoms with Gasteiger partial charge in [0.15, 0.2) is 0 Å². The molecule has 0 radical (unpaired) electrons. The van der Waals surface area contributed by atoms with E-state index in [0.29, 0.717) is 24.3 Å². The first-order valence-electron chi connectivity index (χ1n) is 6.03. The number of methoxy groups -OCH3 is 1. The Bertz CT molecular complexity index is 426. The Labute approximate surface area is 101 Å². The molecule has 0 aliphatic heterocycles. The van der Waals surface area contributed by atoms with Gasteiger partial charge in [-0.05, 0) is 18.8 Å². The highest BCUT2D eigenvalue weighted by Gasteiger charge is 2.26. The minimum Gasteiger partial charge on any atom is -0.384 e. The van der Waals surface area contributed by atoms with Crippen LogP contribution in [0.1, 0.15) is 31.5 Å². The summed E-state index contributed by atoms with van der Waals surface area (Å²) in [5.74, 6) is 2.34.